The zero-order valence-electron chi connectivity index (χ0n) is 18.1. The summed E-state index contributed by atoms with van der Waals surface area (Å²) in [7, 11) is 1.67. The highest BCUT2D eigenvalue weighted by atomic mass is 16.5. The summed E-state index contributed by atoms with van der Waals surface area (Å²) in [5.41, 5.74) is 6.83. The molecule has 7 heteroatoms. The van der Waals surface area contributed by atoms with E-state index in [1.165, 1.54) is 5.56 Å². The molecular formula is C26H21N3O4. The van der Waals surface area contributed by atoms with Gasteiger partial charge >= 0.3 is 5.97 Å². The molecule has 0 atom stereocenters. The molecule has 2 aromatic heterocycles. The van der Waals surface area contributed by atoms with Gasteiger partial charge in [-0.3, -0.25) is 0 Å². The molecular weight excluding hydrogens is 418 g/mol. The second-order valence-corrected chi connectivity index (χ2v) is 7.83. The molecule has 2 heterocycles. The number of carbonyl (C=O) groups is 1. The Kier molecular flexibility index (Phi) is 5.24. The quantitative estimate of drug-likeness (QED) is 0.352. The van der Waals surface area contributed by atoms with Crippen LogP contribution in [0, 0.1) is 6.92 Å². The van der Waals surface area contributed by atoms with E-state index >= 15 is 0 Å². The summed E-state index contributed by atoms with van der Waals surface area (Å²) < 4.78 is 11.0. The number of hydrogen-bond acceptors (Lipinski definition) is 5. The van der Waals surface area contributed by atoms with Crippen molar-refractivity contribution in [3.63, 3.8) is 0 Å². The van der Waals surface area contributed by atoms with E-state index in [0.717, 1.165) is 33.2 Å². The van der Waals surface area contributed by atoms with Crippen molar-refractivity contribution in [3.8, 4) is 34.0 Å². The van der Waals surface area contributed by atoms with Crippen molar-refractivity contribution >= 4 is 16.9 Å². The molecule has 0 saturated carbocycles. The Hall–Kier alpha value is -4.23. The van der Waals surface area contributed by atoms with Gasteiger partial charge in [0, 0.05) is 29.1 Å². The summed E-state index contributed by atoms with van der Waals surface area (Å²) in [5, 5.41) is 14.1. The maximum atomic E-state index is 11.2. The molecule has 0 spiro atoms. The average molecular weight is 439 g/mol. The van der Waals surface area contributed by atoms with Gasteiger partial charge in [0.2, 0.25) is 5.82 Å². The minimum absolute atomic E-state index is 0.135. The number of carboxylic acids is 1. The number of benzene rings is 3. The number of nitrogens with zero attached hydrogens (tertiary/aromatic N) is 2. The molecule has 0 aliphatic heterocycles. The van der Waals surface area contributed by atoms with Crippen LogP contribution in [0.25, 0.3) is 44.9 Å². The molecule has 0 radical (unpaired) electrons. The predicted molar refractivity (Wildman–Crippen MR) is 125 cm³/mol. The summed E-state index contributed by atoms with van der Waals surface area (Å²) in [5.74, 6) is -0.179. The van der Waals surface area contributed by atoms with E-state index in [2.05, 4.69) is 34.2 Å². The predicted octanol–water partition coefficient (Wildman–Crippen LogP) is 5.70. The molecule has 0 saturated heterocycles. The fourth-order valence-electron chi connectivity index (χ4n) is 3.98. The lowest BCUT2D eigenvalue weighted by Crippen LogP contribution is -1.95. The van der Waals surface area contributed by atoms with Crippen molar-refractivity contribution in [2.75, 3.05) is 7.11 Å². The largest absolute Gasteiger partial charge is 0.477 e. The average Bonchev–Trinajstić information content (AvgIpc) is 3.47. The van der Waals surface area contributed by atoms with Crippen LogP contribution in [0.2, 0.25) is 0 Å². The van der Waals surface area contributed by atoms with Gasteiger partial charge in [-0.05, 0) is 53.4 Å². The van der Waals surface area contributed by atoms with E-state index in [1.807, 2.05) is 48.5 Å². The molecule has 5 aromatic rings. The summed E-state index contributed by atoms with van der Waals surface area (Å²) >= 11 is 0. The Morgan fingerprint density at radius 3 is 2.64 bits per heavy atom. The number of fused-ring (bicyclic) bond motifs is 1. The number of aromatic carboxylic acids is 1. The number of methoxy groups -OCH3 is 1. The number of ether oxygens (including phenoxy) is 1. The van der Waals surface area contributed by atoms with Gasteiger partial charge in [-0.2, -0.15) is 4.98 Å². The van der Waals surface area contributed by atoms with Crippen LogP contribution < -0.4 is 0 Å². The number of hydrogen-bond donors (Lipinski definition) is 2. The molecule has 164 valence electrons. The summed E-state index contributed by atoms with van der Waals surface area (Å²) in [6.07, 6.45) is 0. The molecule has 33 heavy (non-hydrogen) atoms. The highest BCUT2D eigenvalue weighted by Crippen LogP contribution is 2.32. The molecule has 0 aliphatic carbocycles. The molecule has 0 amide bonds. The van der Waals surface area contributed by atoms with Crippen LogP contribution >= 0.6 is 0 Å². The molecule has 0 unspecified atom stereocenters. The third-order valence-electron chi connectivity index (χ3n) is 5.62. The van der Waals surface area contributed by atoms with Crippen molar-refractivity contribution in [3.05, 3.63) is 83.6 Å². The van der Waals surface area contributed by atoms with Crippen LogP contribution in [-0.2, 0) is 11.3 Å². The van der Waals surface area contributed by atoms with Crippen molar-refractivity contribution in [1.82, 2.24) is 15.1 Å². The standard InChI is InChI=1S/C26H21N3O4/c1-15-5-3-4-6-20(15)21-10-9-18(11-19(21)14-32-2)25-28-24(29-33-25)17-8-7-16-12-23(26(30)31)27-22(16)13-17/h3-13,27H,14H2,1-2H3,(H,30,31). The number of aryl methyl sites for hydroxylation is 1. The highest BCUT2D eigenvalue weighted by molar-refractivity contribution is 5.94. The van der Waals surface area contributed by atoms with Gasteiger partial charge in [0.15, 0.2) is 0 Å². The third kappa shape index (κ3) is 3.90. The SMILES string of the molecule is COCc1cc(-c2nc(-c3ccc4cc(C(=O)O)[nH]c4c3)no2)ccc1-c1ccccc1C. The van der Waals surface area contributed by atoms with E-state index in [-0.39, 0.29) is 5.69 Å². The zero-order valence-corrected chi connectivity index (χ0v) is 18.1. The lowest BCUT2D eigenvalue weighted by Gasteiger charge is -2.12. The smallest absolute Gasteiger partial charge is 0.352 e. The zero-order chi connectivity index (χ0) is 22.9. The second-order valence-electron chi connectivity index (χ2n) is 7.83. The van der Waals surface area contributed by atoms with E-state index < -0.39 is 5.97 Å². The number of rotatable bonds is 6. The number of aromatic amines is 1. The normalized spacial score (nSPS) is 11.2. The minimum atomic E-state index is -1.00. The van der Waals surface area contributed by atoms with Gasteiger partial charge in [-0.15, -0.1) is 0 Å². The maximum Gasteiger partial charge on any atom is 0.352 e. The highest BCUT2D eigenvalue weighted by Gasteiger charge is 2.15. The van der Waals surface area contributed by atoms with Gasteiger partial charge in [-0.25, -0.2) is 4.79 Å². The van der Waals surface area contributed by atoms with E-state index in [1.54, 1.807) is 13.2 Å². The Bertz CT molecular complexity index is 1480. The fraction of sp³-hybridized carbons (Fsp3) is 0.115. The first-order chi connectivity index (χ1) is 16.0. The number of H-pyrrole nitrogens is 1. The molecule has 2 N–H and O–H groups in total. The topological polar surface area (TPSA) is 101 Å². The monoisotopic (exact) mass is 439 g/mol. The summed E-state index contributed by atoms with van der Waals surface area (Å²) in [6, 6.07) is 21.3. The second kappa shape index (κ2) is 8.37. The van der Waals surface area contributed by atoms with Crippen molar-refractivity contribution in [1.29, 1.82) is 0 Å². The van der Waals surface area contributed by atoms with Crippen molar-refractivity contribution in [2.45, 2.75) is 13.5 Å². The van der Waals surface area contributed by atoms with Gasteiger partial charge in [-0.1, -0.05) is 47.6 Å². The lowest BCUT2D eigenvalue weighted by atomic mass is 9.94. The van der Waals surface area contributed by atoms with Gasteiger partial charge < -0.3 is 19.4 Å². The van der Waals surface area contributed by atoms with E-state index in [4.69, 9.17) is 9.26 Å². The lowest BCUT2D eigenvalue weighted by molar-refractivity contribution is 0.0691. The molecule has 0 aliphatic rings. The Labute approximate surface area is 189 Å². The van der Waals surface area contributed by atoms with Crippen LogP contribution in [0.1, 0.15) is 21.6 Å². The van der Waals surface area contributed by atoms with Crippen LogP contribution in [0.3, 0.4) is 0 Å². The maximum absolute atomic E-state index is 11.2. The van der Waals surface area contributed by atoms with Gasteiger partial charge in [0.05, 0.1) is 6.61 Å². The first-order valence-electron chi connectivity index (χ1n) is 10.4. The Morgan fingerprint density at radius 1 is 1.03 bits per heavy atom. The fourth-order valence-corrected chi connectivity index (χ4v) is 3.98. The Morgan fingerprint density at radius 2 is 1.85 bits per heavy atom. The van der Waals surface area contributed by atoms with E-state index in [0.29, 0.717) is 23.8 Å². The first-order valence-corrected chi connectivity index (χ1v) is 10.4. The van der Waals surface area contributed by atoms with Crippen LogP contribution in [0.15, 0.2) is 71.3 Å². The summed E-state index contributed by atoms with van der Waals surface area (Å²) in [6.45, 7) is 2.54. The van der Waals surface area contributed by atoms with Crippen LogP contribution in [0.5, 0.6) is 0 Å². The van der Waals surface area contributed by atoms with Crippen LogP contribution in [0.4, 0.5) is 0 Å². The van der Waals surface area contributed by atoms with Gasteiger partial charge in [0.25, 0.3) is 5.89 Å². The molecule has 0 fully saturated rings. The number of aromatic nitrogens is 3. The van der Waals surface area contributed by atoms with Crippen LogP contribution in [-0.4, -0.2) is 33.3 Å². The molecule has 3 aromatic carbocycles. The molecule has 7 nitrogen and oxygen atoms in total. The van der Waals surface area contributed by atoms with Crippen molar-refractivity contribution in [2.24, 2.45) is 0 Å². The molecule has 5 rings (SSSR count). The molecule has 0 bridgehead atoms. The third-order valence-corrected chi connectivity index (χ3v) is 5.62. The number of nitrogens with one attached hydrogen (secondary N) is 1. The number of carboxylic acid groups (broad SMARTS) is 1. The Balaban J connectivity index is 1.50. The van der Waals surface area contributed by atoms with E-state index in [9.17, 15) is 9.90 Å². The van der Waals surface area contributed by atoms with Crippen molar-refractivity contribution < 1.29 is 19.2 Å². The summed E-state index contributed by atoms with van der Waals surface area (Å²) in [4.78, 5) is 18.7. The first kappa shape index (κ1) is 20.7. The van der Waals surface area contributed by atoms with Gasteiger partial charge in [0.1, 0.15) is 5.69 Å². The minimum Gasteiger partial charge on any atom is -0.477 e.